The molecule has 3 atom stereocenters. The third kappa shape index (κ3) is 6.32. The smallest absolute Gasteiger partial charge is 0.371 e. The molecule has 110 valence electrons. The Morgan fingerprint density at radius 1 is 0.667 bits per heavy atom. The Labute approximate surface area is 115 Å². The maximum atomic E-state index is 6.18. The Morgan fingerprint density at radius 2 is 0.944 bits per heavy atom. The lowest BCUT2D eigenvalue weighted by atomic mass is 10.3. The van der Waals surface area contributed by atoms with E-state index in [9.17, 15) is 0 Å². The molecule has 3 nitrogen and oxygen atoms in total. The van der Waals surface area contributed by atoms with Crippen LogP contribution >= 0.6 is 0 Å². The standard InChI is InChI=1S/C14H32O3Si/c1-8-12(5)15-18(11-4,16-13(6)9-2)17-14(7)10-3/h12-14H,8-11H2,1-7H3. The first-order valence-electron chi connectivity index (χ1n) is 7.46. The normalized spacial score (nSPS) is 20.2. The van der Waals surface area contributed by atoms with Gasteiger partial charge in [0, 0.05) is 24.4 Å². The Bertz CT molecular complexity index is 180. The Balaban J connectivity index is 4.81. The maximum absolute atomic E-state index is 6.18. The minimum atomic E-state index is -2.52. The van der Waals surface area contributed by atoms with Crippen LogP contribution in [0.3, 0.4) is 0 Å². The van der Waals surface area contributed by atoms with Crippen molar-refractivity contribution in [1.29, 1.82) is 0 Å². The number of rotatable bonds is 10. The van der Waals surface area contributed by atoms with Crippen LogP contribution in [0.2, 0.25) is 6.04 Å². The summed E-state index contributed by atoms with van der Waals surface area (Å²) in [6.07, 6.45) is 3.56. The molecule has 0 amide bonds. The minimum absolute atomic E-state index is 0.199. The second-order valence-electron chi connectivity index (χ2n) is 5.05. The van der Waals surface area contributed by atoms with E-state index in [0.717, 1.165) is 25.3 Å². The molecule has 0 radical (unpaired) electrons. The average Bonchev–Trinajstić information content (AvgIpc) is 2.37. The minimum Gasteiger partial charge on any atom is -0.371 e. The van der Waals surface area contributed by atoms with Gasteiger partial charge in [0.2, 0.25) is 0 Å². The lowest BCUT2D eigenvalue weighted by molar-refractivity contribution is -0.00985. The highest BCUT2D eigenvalue weighted by molar-refractivity contribution is 6.60. The molecule has 3 unspecified atom stereocenters. The summed E-state index contributed by atoms with van der Waals surface area (Å²) < 4.78 is 18.5. The van der Waals surface area contributed by atoms with Crippen LogP contribution in [0.4, 0.5) is 0 Å². The van der Waals surface area contributed by atoms with Crippen LogP contribution in [0.15, 0.2) is 0 Å². The molecule has 0 aliphatic rings. The molecular formula is C14H32O3Si. The maximum Gasteiger partial charge on any atom is 0.501 e. The van der Waals surface area contributed by atoms with Gasteiger partial charge in [-0.2, -0.15) is 0 Å². The van der Waals surface area contributed by atoms with E-state index >= 15 is 0 Å². The van der Waals surface area contributed by atoms with Crippen LogP contribution in [0.5, 0.6) is 0 Å². The fourth-order valence-corrected chi connectivity index (χ4v) is 4.51. The largest absolute Gasteiger partial charge is 0.501 e. The molecule has 0 saturated heterocycles. The van der Waals surface area contributed by atoms with Crippen molar-refractivity contribution in [2.45, 2.75) is 92.1 Å². The molecule has 4 heteroatoms. The third-order valence-electron chi connectivity index (χ3n) is 3.30. The van der Waals surface area contributed by atoms with Gasteiger partial charge in [0.25, 0.3) is 0 Å². The molecule has 0 aliphatic heterocycles. The van der Waals surface area contributed by atoms with Gasteiger partial charge in [-0.1, -0.05) is 27.7 Å². The van der Waals surface area contributed by atoms with E-state index in [1.807, 2.05) is 0 Å². The van der Waals surface area contributed by atoms with Gasteiger partial charge < -0.3 is 13.3 Å². The SMILES string of the molecule is CCC(C)O[Si](CC)(OC(C)CC)OC(C)CC. The topological polar surface area (TPSA) is 27.7 Å². The summed E-state index contributed by atoms with van der Waals surface area (Å²) in [5, 5.41) is 0. The van der Waals surface area contributed by atoms with E-state index in [1.165, 1.54) is 0 Å². The van der Waals surface area contributed by atoms with E-state index in [-0.39, 0.29) is 18.3 Å². The van der Waals surface area contributed by atoms with Crippen LogP contribution < -0.4 is 0 Å². The summed E-state index contributed by atoms with van der Waals surface area (Å²) in [5.41, 5.74) is 0. The van der Waals surface area contributed by atoms with E-state index in [2.05, 4.69) is 48.5 Å². The molecule has 0 aromatic rings. The first-order valence-corrected chi connectivity index (χ1v) is 9.39. The van der Waals surface area contributed by atoms with Crippen molar-refractivity contribution in [2.75, 3.05) is 0 Å². The predicted molar refractivity (Wildman–Crippen MR) is 78.7 cm³/mol. The van der Waals surface area contributed by atoms with Gasteiger partial charge in [-0.05, 0) is 40.0 Å². The molecule has 0 spiro atoms. The van der Waals surface area contributed by atoms with Crippen molar-refractivity contribution in [1.82, 2.24) is 0 Å². The Kier molecular flexibility index (Phi) is 9.12. The van der Waals surface area contributed by atoms with Gasteiger partial charge in [0.1, 0.15) is 0 Å². The first kappa shape index (κ1) is 18.1. The highest BCUT2D eigenvalue weighted by Crippen LogP contribution is 2.24. The zero-order valence-electron chi connectivity index (χ0n) is 13.3. The average molecular weight is 276 g/mol. The van der Waals surface area contributed by atoms with E-state index < -0.39 is 8.80 Å². The fraction of sp³-hybridized carbons (Fsp3) is 1.00. The van der Waals surface area contributed by atoms with Gasteiger partial charge in [-0.25, -0.2) is 0 Å². The molecule has 0 fully saturated rings. The lowest BCUT2D eigenvalue weighted by Gasteiger charge is -2.35. The number of hydrogen-bond acceptors (Lipinski definition) is 3. The molecule has 0 N–H and O–H groups in total. The van der Waals surface area contributed by atoms with Gasteiger partial charge >= 0.3 is 8.80 Å². The molecule has 0 aliphatic carbocycles. The lowest BCUT2D eigenvalue weighted by Crippen LogP contribution is -2.51. The Morgan fingerprint density at radius 3 is 1.11 bits per heavy atom. The highest BCUT2D eigenvalue weighted by atomic mass is 28.4. The zero-order valence-corrected chi connectivity index (χ0v) is 14.3. The van der Waals surface area contributed by atoms with Crippen LogP contribution in [0, 0.1) is 0 Å². The van der Waals surface area contributed by atoms with Gasteiger partial charge in [0.15, 0.2) is 0 Å². The molecular weight excluding hydrogens is 244 g/mol. The molecule has 0 aromatic heterocycles. The third-order valence-corrected chi connectivity index (χ3v) is 6.45. The fourth-order valence-electron chi connectivity index (χ4n) is 1.50. The Hall–Kier alpha value is 0.0969. The van der Waals surface area contributed by atoms with Gasteiger partial charge in [0.05, 0.1) is 0 Å². The molecule has 0 saturated carbocycles. The van der Waals surface area contributed by atoms with Crippen LogP contribution in [-0.4, -0.2) is 27.1 Å². The second kappa shape index (κ2) is 9.07. The van der Waals surface area contributed by atoms with Crippen molar-refractivity contribution in [3.8, 4) is 0 Å². The first-order chi connectivity index (χ1) is 8.42. The number of hydrogen-bond donors (Lipinski definition) is 0. The molecule has 0 aromatic carbocycles. The molecule has 0 bridgehead atoms. The van der Waals surface area contributed by atoms with Gasteiger partial charge in [-0.15, -0.1) is 0 Å². The molecule has 0 rings (SSSR count). The van der Waals surface area contributed by atoms with Crippen molar-refractivity contribution < 1.29 is 13.3 Å². The summed E-state index contributed by atoms with van der Waals surface area (Å²) in [6, 6.07) is 0.839. The quantitative estimate of drug-likeness (QED) is 0.554. The summed E-state index contributed by atoms with van der Waals surface area (Å²) in [6.45, 7) is 14.8. The summed E-state index contributed by atoms with van der Waals surface area (Å²) in [5.74, 6) is 0. The van der Waals surface area contributed by atoms with Crippen molar-refractivity contribution in [2.24, 2.45) is 0 Å². The zero-order chi connectivity index (χ0) is 14.2. The molecule has 18 heavy (non-hydrogen) atoms. The van der Waals surface area contributed by atoms with E-state index in [0.29, 0.717) is 0 Å². The second-order valence-corrected chi connectivity index (χ2v) is 7.83. The summed E-state index contributed by atoms with van der Waals surface area (Å²) in [4.78, 5) is 0. The highest BCUT2D eigenvalue weighted by Gasteiger charge is 2.43. The predicted octanol–water partition coefficient (Wildman–Crippen LogP) is 4.39. The van der Waals surface area contributed by atoms with Crippen molar-refractivity contribution in [3.05, 3.63) is 0 Å². The van der Waals surface area contributed by atoms with Crippen LogP contribution in [-0.2, 0) is 13.3 Å². The van der Waals surface area contributed by atoms with E-state index in [4.69, 9.17) is 13.3 Å². The molecule has 0 heterocycles. The monoisotopic (exact) mass is 276 g/mol. The van der Waals surface area contributed by atoms with Gasteiger partial charge in [-0.3, -0.25) is 0 Å². The van der Waals surface area contributed by atoms with Crippen LogP contribution in [0.1, 0.15) is 67.7 Å². The van der Waals surface area contributed by atoms with Crippen molar-refractivity contribution in [3.63, 3.8) is 0 Å². The summed E-state index contributed by atoms with van der Waals surface area (Å²) >= 11 is 0. The van der Waals surface area contributed by atoms with E-state index in [1.54, 1.807) is 0 Å². The van der Waals surface area contributed by atoms with Crippen LogP contribution in [0.25, 0.3) is 0 Å². The van der Waals surface area contributed by atoms with Crippen molar-refractivity contribution >= 4 is 8.80 Å². The summed E-state index contributed by atoms with van der Waals surface area (Å²) in [7, 11) is -2.52.